The summed E-state index contributed by atoms with van der Waals surface area (Å²) in [6.45, 7) is -3.21. The van der Waals surface area contributed by atoms with Gasteiger partial charge in [-0.1, -0.05) is 0 Å². The molecule has 0 aromatic carbocycles. The summed E-state index contributed by atoms with van der Waals surface area (Å²) >= 11 is 0. The van der Waals surface area contributed by atoms with E-state index < -0.39 is 43.4 Å². The Kier molecular flexibility index (Phi) is 3.11. The van der Waals surface area contributed by atoms with Crippen LogP contribution in [0.15, 0.2) is 0 Å². The average molecular weight is 292 g/mol. The minimum atomic E-state index is -5.98. The third kappa shape index (κ3) is 2.02. The topological polar surface area (TPSA) is 18.5 Å². The summed E-state index contributed by atoms with van der Waals surface area (Å²) in [5, 5.41) is 0. The number of ether oxygens (including phenoxy) is 2. The molecule has 108 valence electrons. The first-order valence-corrected chi connectivity index (χ1v) is 4.21. The Morgan fingerprint density at radius 1 is 0.889 bits per heavy atom. The average Bonchev–Trinajstić information content (AvgIpc) is 2.15. The van der Waals surface area contributed by atoms with Gasteiger partial charge in [-0.25, -0.2) is 8.78 Å². The van der Waals surface area contributed by atoms with E-state index in [-0.39, 0.29) is 0 Å². The molecule has 0 spiro atoms. The van der Waals surface area contributed by atoms with Crippen LogP contribution in [0.25, 0.3) is 0 Å². The van der Waals surface area contributed by atoms with E-state index in [0.717, 1.165) is 0 Å². The maximum atomic E-state index is 13.3. The van der Waals surface area contributed by atoms with Crippen molar-refractivity contribution in [1.82, 2.24) is 0 Å². The van der Waals surface area contributed by atoms with Crippen molar-refractivity contribution in [3.63, 3.8) is 0 Å². The predicted molar refractivity (Wildman–Crippen MR) is 36.3 cm³/mol. The van der Waals surface area contributed by atoms with Crippen molar-refractivity contribution in [3.8, 4) is 0 Å². The van der Waals surface area contributed by atoms with Crippen LogP contribution in [0, 0.1) is 0 Å². The van der Waals surface area contributed by atoms with E-state index >= 15 is 0 Å². The smallest absolute Gasteiger partial charge is 0.307 e. The highest BCUT2D eigenvalue weighted by atomic mass is 19.3. The van der Waals surface area contributed by atoms with Gasteiger partial charge in [0.15, 0.2) is 0 Å². The van der Waals surface area contributed by atoms with E-state index in [9.17, 15) is 39.5 Å². The molecular formula is C7H5F9O2. The van der Waals surface area contributed by atoms with Gasteiger partial charge >= 0.3 is 29.9 Å². The quantitative estimate of drug-likeness (QED) is 0.691. The highest BCUT2D eigenvalue weighted by Crippen LogP contribution is 2.53. The molecule has 0 aromatic heterocycles. The lowest BCUT2D eigenvalue weighted by Crippen LogP contribution is -2.61. The maximum Gasteiger partial charge on any atom is 0.451 e. The lowest BCUT2D eigenvalue weighted by molar-refractivity contribution is -0.472. The van der Waals surface area contributed by atoms with E-state index in [0.29, 0.717) is 0 Å². The molecule has 1 unspecified atom stereocenters. The van der Waals surface area contributed by atoms with Crippen LogP contribution >= 0.6 is 0 Å². The van der Waals surface area contributed by atoms with E-state index in [2.05, 4.69) is 9.47 Å². The van der Waals surface area contributed by atoms with Crippen LogP contribution < -0.4 is 0 Å². The standard InChI is InChI=1S/C7H5F9O2/c1-3(8,9)5(12)4(10,11)2-17-6(13,14)7(15,16)18-5/h2H2,1H3. The number of hydrogen-bond acceptors (Lipinski definition) is 2. The molecule has 0 aromatic rings. The highest BCUT2D eigenvalue weighted by Gasteiger charge is 2.79. The molecule has 0 saturated carbocycles. The van der Waals surface area contributed by atoms with Gasteiger partial charge in [-0.15, -0.1) is 0 Å². The van der Waals surface area contributed by atoms with Gasteiger partial charge in [-0.3, -0.25) is 4.74 Å². The van der Waals surface area contributed by atoms with Gasteiger partial charge in [0.25, 0.3) is 0 Å². The molecule has 0 radical (unpaired) electrons. The fourth-order valence-corrected chi connectivity index (χ4v) is 1.08. The summed E-state index contributed by atoms with van der Waals surface area (Å²) < 4.78 is 120. The zero-order valence-electron chi connectivity index (χ0n) is 8.43. The first-order chi connectivity index (χ1) is 7.66. The minimum Gasteiger partial charge on any atom is -0.307 e. The van der Waals surface area contributed by atoms with Crippen LogP contribution in [0.2, 0.25) is 0 Å². The monoisotopic (exact) mass is 292 g/mol. The molecule has 1 rings (SSSR count). The van der Waals surface area contributed by atoms with Crippen LogP contribution in [-0.2, 0) is 9.47 Å². The predicted octanol–water partition coefficient (Wildman–Crippen LogP) is 3.18. The van der Waals surface area contributed by atoms with Crippen LogP contribution in [0.1, 0.15) is 6.92 Å². The van der Waals surface area contributed by atoms with Crippen LogP contribution in [-0.4, -0.2) is 36.5 Å². The van der Waals surface area contributed by atoms with Gasteiger partial charge in [0.2, 0.25) is 0 Å². The summed E-state index contributed by atoms with van der Waals surface area (Å²) in [5.41, 5.74) is 0. The molecule has 0 N–H and O–H groups in total. The third-order valence-corrected chi connectivity index (χ3v) is 2.08. The van der Waals surface area contributed by atoms with Crippen molar-refractivity contribution < 1.29 is 49.0 Å². The maximum absolute atomic E-state index is 13.3. The van der Waals surface area contributed by atoms with Crippen LogP contribution in [0.5, 0.6) is 0 Å². The Morgan fingerprint density at radius 3 is 1.72 bits per heavy atom. The van der Waals surface area contributed by atoms with Gasteiger partial charge in [0.05, 0.1) is 0 Å². The summed E-state index contributed by atoms with van der Waals surface area (Å²) in [5.74, 6) is -16.2. The van der Waals surface area contributed by atoms with Gasteiger partial charge in [0, 0.05) is 6.92 Å². The molecule has 1 atom stereocenters. The van der Waals surface area contributed by atoms with Crippen LogP contribution in [0.4, 0.5) is 39.5 Å². The third-order valence-electron chi connectivity index (χ3n) is 2.08. The van der Waals surface area contributed by atoms with E-state index in [1.165, 1.54) is 0 Å². The molecule has 18 heavy (non-hydrogen) atoms. The number of hydrogen-bond donors (Lipinski definition) is 0. The number of alkyl halides is 9. The van der Waals surface area contributed by atoms with Crippen molar-refractivity contribution in [1.29, 1.82) is 0 Å². The normalized spacial score (nSPS) is 35.0. The van der Waals surface area contributed by atoms with Gasteiger partial charge in [-0.05, 0) is 0 Å². The van der Waals surface area contributed by atoms with Gasteiger partial charge in [-0.2, -0.15) is 30.7 Å². The first kappa shape index (κ1) is 15.3. The second kappa shape index (κ2) is 3.65. The SMILES string of the molecule is CC(F)(F)C1(F)OC(F)(F)C(F)(F)OCC1(F)F. The summed E-state index contributed by atoms with van der Waals surface area (Å²) in [6, 6.07) is 0. The van der Waals surface area contributed by atoms with E-state index in [1.807, 2.05) is 0 Å². The summed E-state index contributed by atoms with van der Waals surface area (Å²) in [6.07, 6.45) is -11.7. The largest absolute Gasteiger partial charge is 0.451 e. The Morgan fingerprint density at radius 2 is 1.33 bits per heavy atom. The van der Waals surface area contributed by atoms with E-state index in [1.54, 1.807) is 0 Å². The molecule has 11 heteroatoms. The summed E-state index contributed by atoms with van der Waals surface area (Å²) in [7, 11) is 0. The zero-order chi connectivity index (χ0) is 14.6. The van der Waals surface area contributed by atoms with E-state index in [4.69, 9.17) is 0 Å². The Balaban J connectivity index is 3.34. The fourth-order valence-electron chi connectivity index (χ4n) is 1.08. The Hall–Kier alpha value is -0.710. The fraction of sp³-hybridized carbons (Fsp3) is 1.00. The molecule has 1 heterocycles. The zero-order valence-corrected chi connectivity index (χ0v) is 8.43. The van der Waals surface area contributed by atoms with Crippen molar-refractivity contribution in [2.45, 2.75) is 36.8 Å². The van der Waals surface area contributed by atoms with Crippen molar-refractivity contribution in [2.75, 3.05) is 6.61 Å². The lowest BCUT2D eigenvalue weighted by Gasteiger charge is -2.35. The number of halogens is 9. The van der Waals surface area contributed by atoms with Crippen molar-refractivity contribution >= 4 is 0 Å². The Bertz CT molecular complexity index is 336. The van der Waals surface area contributed by atoms with Crippen molar-refractivity contribution in [2.24, 2.45) is 0 Å². The molecule has 1 aliphatic heterocycles. The van der Waals surface area contributed by atoms with Gasteiger partial charge in [0.1, 0.15) is 6.61 Å². The second-order valence-electron chi connectivity index (χ2n) is 3.61. The van der Waals surface area contributed by atoms with Gasteiger partial charge < -0.3 is 4.74 Å². The molecule has 1 aliphatic rings. The molecule has 0 amide bonds. The second-order valence-corrected chi connectivity index (χ2v) is 3.61. The molecule has 0 bridgehead atoms. The molecule has 1 saturated heterocycles. The van der Waals surface area contributed by atoms with Crippen LogP contribution in [0.3, 0.4) is 0 Å². The Labute approximate surface area is 93.6 Å². The molecular weight excluding hydrogens is 287 g/mol. The lowest BCUT2D eigenvalue weighted by atomic mass is 10.1. The van der Waals surface area contributed by atoms with Crippen molar-refractivity contribution in [3.05, 3.63) is 0 Å². The molecule has 2 nitrogen and oxygen atoms in total. The minimum absolute atomic E-state index is 0.513. The number of rotatable bonds is 1. The summed E-state index contributed by atoms with van der Waals surface area (Å²) in [4.78, 5) is 0. The molecule has 1 fully saturated rings. The highest BCUT2D eigenvalue weighted by molar-refractivity contribution is 4.98. The molecule has 0 aliphatic carbocycles. The first-order valence-electron chi connectivity index (χ1n) is 4.21.